The Kier molecular flexibility index (Phi) is 2.61. The molecular formula is C19H23N3O. The SMILES string of the molecule is CN(C)C(=O)[C@]12CC[C@](C)(c3nc4ccccc4nc31)C2(C)C. The van der Waals surface area contributed by atoms with Crippen molar-refractivity contribution in [2.45, 2.75) is 44.4 Å². The molecule has 0 N–H and O–H groups in total. The average molecular weight is 309 g/mol. The molecule has 0 unspecified atom stereocenters. The molecule has 2 atom stereocenters. The zero-order valence-corrected chi connectivity index (χ0v) is 14.5. The number of para-hydroxylation sites is 2. The van der Waals surface area contributed by atoms with Gasteiger partial charge in [0.15, 0.2) is 0 Å². The summed E-state index contributed by atoms with van der Waals surface area (Å²) in [5.74, 6) is 0.162. The first kappa shape index (κ1) is 14.6. The summed E-state index contributed by atoms with van der Waals surface area (Å²) in [7, 11) is 3.69. The van der Waals surface area contributed by atoms with Crippen LogP contribution >= 0.6 is 0 Å². The molecule has 2 aliphatic carbocycles. The summed E-state index contributed by atoms with van der Waals surface area (Å²) in [5.41, 5.74) is 2.88. The molecule has 1 amide bonds. The Morgan fingerprint density at radius 1 is 1.00 bits per heavy atom. The van der Waals surface area contributed by atoms with Crippen molar-refractivity contribution in [3.05, 3.63) is 35.7 Å². The van der Waals surface area contributed by atoms with Crippen LogP contribution < -0.4 is 0 Å². The van der Waals surface area contributed by atoms with Crippen molar-refractivity contribution in [3.8, 4) is 0 Å². The van der Waals surface area contributed by atoms with Gasteiger partial charge in [-0.05, 0) is 30.4 Å². The fourth-order valence-electron chi connectivity index (χ4n) is 4.90. The van der Waals surface area contributed by atoms with Crippen molar-refractivity contribution in [1.29, 1.82) is 0 Å². The molecule has 2 aliphatic rings. The second-order valence-corrected chi connectivity index (χ2v) is 7.97. The molecule has 2 bridgehead atoms. The minimum absolute atomic E-state index is 0.106. The number of benzene rings is 1. The van der Waals surface area contributed by atoms with E-state index in [2.05, 4.69) is 20.8 Å². The summed E-state index contributed by atoms with van der Waals surface area (Å²) < 4.78 is 0. The van der Waals surface area contributed by atoms with Crippen LogP contribution in [0, 0.1) is 5.41 Å². The molecule has 2 aromatic rings. The van der Waals surface area contributed by atoms with Gasteiger partial charge in [-0.25, -0.2) is 9.97 Å². The third-order valence-corrected chi connectivity index (χ3v) is 6.72. The Labute approximate surface area is 136 Å². The summed E-state index contributed by atoms with van der Waals surface area (Å²) in [5, 5.41) is 0. The zero-order chi connectivity index (χ0) is 16.6. The maximum absolute atomic E-state index is 13.2. The molecule has 1 fully saturated rings. The number of aromatic nitrogens is 2. The minimum Gasteiger partial charge on any atom is -0.348 e. The first-order chi connectivity index (χ1) is 10.8. The van der Waals surface area contributed by atoms with Crippen molar-refractivity contribution >= 4 is 16.9 Å². The molecule has 1 aromatic carbocycles. The van der Waals surface area contributed by atoms with Crippen LogP contribution in [0.5, 0.6) is 0 Å². The number of rotatable bonds is 1. The molecule has 0 saturated heterocycles. The quantitative estimate of drug-likeness (QED) is 0.813. The fraction of sp³-hybridized carbons (Fsp3) is 0.526. The second kappa shape index (κ2) is 4.11. The second-order valence-electron chi connectivity index (χ2n) is 7.97. The Balaban J connectivity index is 2.10. The molecular weight excluding hydrogens is 286 g/mol. The van der Waals surface area contributed by atoms with Crippen LogP contribution in [-0.2, 0) is 15.6 Å². The smallest absolute Gasteiger partial charge is 0.234 e. The van der Waals surface area contributed by atoms with Crippen LogP contribution in [0.15, 0.2) is 24.3 Å². The van der Waals surface area contributed by atoms with Gasteiger partial charge in [-0.1, -0.05) is 32.9 Å². The third-order valence-electron chi connectivity index (χ3n) is 6.72. The highest BCUT2D eigenvalue weighted by Crippen LogP contribution is 2.70. The lowest BCUT2D eigenvalue weighted by atomic mass is 9.63. The molecule has 4 rings (SSSR count). The Morgan fingerprint density at radius 2 is 1.57 bits per heavy atom. The van der Waals surface area contributed by atoms with Crippen LogP contribution in [0.4, 0.5) is 0 Å². The number of hydrogen-bond acceptors (Lipinski definition) is 3. The van der Waals surface area contributed by atoms with Crippen LogP contribution in [0.3, 0.4) is 0 Å². The van der Waals surface area contributed by atoms with Gasteiger partial charge in [-0.2, -0.15) is 0 Å². The van der Waals surface area contributed by atoms with E-state index in [-0.39, 0.29) is 16.7 Å². The van der Waals surface area contributed by atoms with Crippen LogP contribution in [0.25, 0.3) is 11.0 Å². The van der Waals surface area contributed by atoms with E-state index >= 15 is 0 Å². The van der Waals surface area contributed by atoms with E-state index in [1.807, 2.05) is 38.4 Å². The predicted molar refractivity (Wildman–Crippen MR) is 90.3 cm³/mol. The average Bonchev–Trinajstić information content (AvgIpc) is 2.81. The normalized spacial score (nSPS) is 30.5. The van der Waals surface area contributed by atoms with Gasteiger partial charge in [-0.15, -0.1) is 0 Å². The van der Waals surface area contributed by atoms with E-state index in [0.29, 0.717) is 0 Å². The number of nitrogens with zero attached hydrogens (tertiary/aromatic N) is 3. The van der Waals surface area contributed by atoms with E-state index in [9.17, 15) is 4.79 Å². The number of likely N-dealkylation sites (N-methyl/N-ethyl adjacent to an activating group) is 1. The summed E-state index contributed by atoms with van der Waals surface area (Å²) in [6.45, 7) is 6.69. The Bertz CT molecular complexity index is 842. The molecule has 0 aliphatic heterocycles. The van der Waals surface area contributed by atoms with Gasteiger partial charge in [0.1, 0.15) is 0 Å². The number of carbonyl (C=O) groups is 1. The van der Waals surface area contributed by atoms with Gasteiger partial charge >= 0.3 is 0 Å². The highest BCUT2D eigenvalue weighted by atomic mass is 16.2. The molecule has 120 valence electrons. The maximum Gasteiger partial charge on any atom is 0.234 e. The molecule has 1 heterocycles. The van der Waals surface area contributed by atoms with Gasteiger partial charge in [-0.3, -0.25) is 4.79 Å². The lowest BCUT2D eigenvalue weighted by Crippen LogP contribution is -2.50. The van der Waals surface area contributed by atoms with Crippen molar-refractivity contribution in [3.63, 3.8) is 0 Å². The number of carbonyl (C=O) groups excluding carboxylic acids is 1. The third kappa shape index (κ3) is 1.41. The van der Waals surface area contributed by atoms with Crippen LogP contribution in [-0.4, -0.2) is 34.9 Å². The lowest BCUT2D eigenvalue weighted by molar-refractivity contribution is -0.138. The van der Waals surface area contributed by atoms with Gasteiger partial charge in [0.25, 0.3) is 0 Å². The van der Waals surface area contributed by atoms with Crippen molar-refractivity contribution in [2.75, 3.05) is 14.1 Å². The standard InChI is InChI=1S/C19H23N3O/c1-17(2)18(3)10-11-19(17,16(23)22(4)5)15-14(18)20-12-8-6-7-9-13(12)21-15/h6-9H,10-11H2,1-5H3/t18-,19+/m1/s1. The summed E-state index contributed by atoms with van der Waals surface area (Å²) in [4.78, 5) is 24.9. The van der Waals surface area contributed by atoms with Gasteiger partial charge in [0.2, 0.25) is 5.91 Å². The first-order valence-electron chi connectivity index (χ1n) is 8.25. The van der Waals surface area contributed by atoms with E-state index in [0.717, 1.165) is 35.3 Å². The number of amides is 1. The molecule has 1 saturated carbocycles. The monoisotopic (exact) mass is 309 g/mol. The summed E-state index contributed by atoms with van der Waals surface area (Å²) in [6.07, 6.45) is 1.84. The summed E-state index contributed by atoms with van der Waals surface area (Å²) in [6, 6.07) is 7.96. The maximum atomic E-state index is 13.2. The zero-order valence-electron chi connectivity index (χ0n) is 14.5. The Hall–Kier alpha value is -1.97. The fourth-order valence-corrected chi connectivity index (χ4v) is 4.90. The lowest BCUT2D eigenvalue weighted by Gasteiger charge is -2.40. The highest BCUT2D eigenvalue weighted by Gasteiger charge is 2.73. The van der Waals surface area contributed by atoms with Gasteiger partial charge in [0, 0.05) is 19.5 Å². The van der Waals surface area contributed by atoms with Gasteiger partial charge < -0.3 is 4.90 Å². The van der Waals surface area contributed by atoms with Crippen molar-refractivity contribution in [2.24, 2.45) is 5.41 Å². The van der Waals surface area contributed by atoms with Crippen molar-refractivity contribution in [1.82, 2.24) is 14.9 Å². The van der Waals surface area contributed by atoms with E-state index < -0.39 is 5.41 Å². The molecule has 1 aromatic heterocycles. The van der Waals surface area contributed by atoms with E-state index in [1.54, 1.807) is 4.90 Å². The first-order valence-corrected chi connectivity index (χ1v) is 8.25. The predicted octanol–water partition coefficient (Wildman–Crippen LogP) is 3.05. The minimum atomic E-state index is -0.558. The number of fused-ring (bicyclic) bond motifs is 6. The molecule has 0 radical (unpaired) electrons. The van der Waals surface area contributed by atoms with E-state index in [4.69, 9.17) is 9.97 Å². The topological polar surface area (TPSA) is 46.1 Å². The van der Waals surface area contributed by atoms with Crippen molar-refractivity contribution < 1.29 is 4.79 Å². The highest BCUT2D eigenvalue weighted by molar-refractivity contribution is 5.92. The molecule has 4 heteroatoms. The van der Waals surface area contributed by atoms with Crippen LogP contribution in [0.1, 0.15) is 45.0 Å². The molecule has 4 nitrogen and oxygen atoms in total. The summed E-state index contributed by atoms with van der Waals surface area (Å²) >= 11 is 0. The van der Waals surface area contributed by atoms with Gasteiger partial charge in [0.05, 0.1) is 27.8 Å². The Morgan fingerprint density at radius 3 is 2.13 bits per heavy atom. The largest absolute Gasteiger partial charge is 0.348 e. The van der Waals surface area contributed by atoms with Crippen LogP contribution in [0.2, 0.25) is 0 Å². The number of hydrogen-bond donors (Lipinski definition) is 0. The molecule has 23 heavy (non-hydrogen) atoms. The van der Waals surface area contributed by atoms with E-state index in [1.165, 1.54) is 0 Å². The molecule has 0 spiro atoms.